The molecule has 1 saturated carbocycles. The van der Waals surface area contributed by atoms with Crippen molar-refractivity contribution < 1.29 is 4.79 Å². The molecule has 2 fully saturated rings. The van der Waals surface area contributed by atoms with Crippen molar-refractivity contribution in [1.29, 1.82) is 0 Å². The predicted molar refractivity (Wildman–Crippen MR) is 86.8 cm³/mol. The summed E-state index contributed by atoms with van der Waals surface area (Å²) in [6, 6.07) is 6.37. The lowest BCUT2D eigenvalue weighted by Crippen LogP contribution is -2.44. The molecule has 1 heterocycles. The van der Waals surface area contributed by atoms with Gasteiger partial charge in [-0.2, -0.15) is 0 Å². The fraction of sp³-hybridized carbons (Fsp3) is 0.588. The lowest BCUT2D eigenvalue weighted by atomic mass is 10.1. The second kappa shape index (κ2) is 5.68. The lowest BCUT2D eigenvalue weighted by Gasteiger charge is -2.34. The van der Waals surface area contributed by atoms with E-state index in [2.05, 4.69) is 48.1 Å². The Balaban J connectivity index is 1.66. The summed E-state index contributed by atoms with van der Waals surface area (Å²) >= 11 is 0. The van der Waals surface area contributed by atoms with Crippen LogP contribution in [-0.4, -0.2) is 44.0 Å². The van der Waals surface area contributed by atoms with Crippen LogP contribution in [0.25, 0.3) is 0 Å². The molecule has 4 heteroatoms. The van der Waals surface area contributed by atoms with Crippen LogP contribution in [-0.2, 0) is 4.79 Å². The van der Waals surface area contributed by atoms with Crippen LogP contribution < -0.4 is 10.2 Å². The maximum absolute atomic E-state index is 12.0. The molecule has 4 nitrogen and oxygen atoms in total. The Morgan fingerprint density at radius 3 is 2.48 bits per heavy atom. The molecule has 2 aliphatic rings. The fourth-order valence-corrected chi connectivity index (χ4v) is 2.96. The standard InChI is InChI=1S/C17H25N3O/c1-12-11-15(12)17(21)18-16-5-4-14(10-13(16)2)20-8-6-19(3)7-9-20/h4-5,10,12,15H,6-9,11H2,1-3H3,(H,18,21)/t12-,15+/m0/s1. The number of anilines is 2. The van der Waals surface area contributed by atoms with Gasteiger partial charge in [0.1, 0.15) is 0 Å². The van der Waals surface area contributed by atoms with E-state index in [-0.39, 0.29) is 11.8 Å². The summed E-state index contributed by atoms with van der Waals surface area (Å²) in [5.41, 5.74) is 3.36. The van der Waals surface area contributed by atoms with Gasteiger partial charge < -0.3 is 15.1 Å². The number of carbonyl (C=O) groups excluding carboxylic acids is 1. The zero-order chi connectivity index (χ0) is 15.0. The summed E-state index contributed by atoms with van der Waals surface area (Å²) in [6.45, 7) is 8.57. The number of amides is 1. The van der Waals surface area contributed by atoms with Crippen molar-refractivity contribution in [2.45, 2.75) is 20.3 Å². The van der Waals surface area contributed by atoms with E-state index >= 15 is 0 Å². The summed E-state index contributed by atoms with van der Waals surface area (Å²) < 4.78 is 0. The highest BCUT2D eigenvalue weighted by molar-refractivity contribution is 5.95. The van der Waals surface area contributed by atoms with Gasteiger partial charge in [-0.25, -0.2) is 0 Å². The highest BCUT2D eigenvalue weighted by atomic mass is 16.2. The van der Waals surface area contributed by atoms with Crippen molar-refractivity contribution in [2.24, 2.45) is 11.8 Å². The Bertz CT molecular complexity index is 535. The minimum absolute atomic E-state index is 0.179. The number of nitrogens with one attached hydrogen (secondary N) is 1. The number of aryl methyl sites for hydroxylation is 1. The summed E-state index contributed by atoms with van der Waals surface area (Å²) in [6.07, 6.45) is 1.03. The molecule has 0 aromatic heterocycles. The zero-order valence-corrected chi connectivity index (χ0v) is 13.2. The van der Waals surface area contributed by atoms with E-state index in [9.17, 15) is 4.79 Å². The lowest BCUT2D eigenvalue weighted by molar-refractivity contribution is -0.117. The first kappa shape index (κ1) is 14.4. The molecule has 1 aromatic carbocycles. The van der Waals surface area contributed by atoms with Crippen molar-refractivity contribution in [2.75, 3.05) is 43.4 Å². The molecule has 1 amide bonds. The second-order valence-electron chi connectivity index (χ2n) is 6.60. The van der Waals surface area contributed by atoms with Crippen LogP contribution >= 0.6 is 0 Å². The van der Waals surface area contributed by atoms with Gasteiger partial charge in [-0.05, 0) is 50.1 Å². The minimum atomic E-state index is 0.179. The second-order valence-corrected chi connectivity index (χ2v) is 6.60. The van der Waals surface area contributed by atoms with Crippen LogP contribution in [0.4, 0.5) is 11.4 Å². The molecule has 114 valence electrons. The molecular formula is C17H25N3O. The van der Waals surface area contributed by atoms with E-state index in [1.54, 1.807) is 0 Å². The first-order valence-corrected chi connectivity index (χ1v) is 7.89. The Morgan fingerprint density at radius 1 is 1.24 bits per heavy atom. The highest BCUT2D eigenvalue weighted by Gasteiger charge is 2.39. The molecular weight excluding hydrogens is 262 g/mol. The van der Waals surface area contributed by atoms with Crippen LogP contribution in [0.5, 0.6) is 0 Å². The van der Waals surface area contributed by atoms with Gasteiger partial charge in [0.25, 0.3) is 0 Å². The predicted octanol–water partition coefficient (Wildman–Crippen LogP) is 2.34. The average molecular weight is 287 g/mol. The van der Waals surface area contributed by atoms with E-state index in [0.717, 1.165) is 43.9 Å². The van der Waals surface area contributed by atoms with E-state index < -0.39 is 0 Å². The van der Waals surface area contributed by atoms with Gasteiger partial charge in [0.2, 0.25) is 5.91 Å². The third kappa shape index (κ3) is 3.21. The third-order valence-electron chi connectivity index (χ3n) is 4.78. The Labute approximate surface area is 127 Å². The molecule has 1 aliphatic heterocycles. The molecule has 2 atom stereocenters. The first-order valence-electron chi connectivity index (χ1n) is 7.89. The Morgan fingerprint density at radius 2 is 1.90 bits per heavy atom. The molecule has 1 aliphatic carbocycles. The third-order valence-corrected chi connectivity index (χ3v) is 4.78. The number of nitrogens with zero attached hydrogens (tertiary/aromatic N) is 2. The highest BCUT2D eigenvalue weighted by Crippen LogP contribution is 2.38. The quantitative estimate of drug-likeness (QED) is 0.927. The number of hydrogen-bond donors (Lipinski definition) is 1. The van der Waals surface area contributed by atoms with Crippen LogP contribution in [0.3, 0.4) is 0 Å². The fourth-order valence-electron chi connectivity index (χ4n) is 2.96. The van der Waals surface area contributed by atoms with Crippen molar-refractivity contribution in [3.05, 3.63) is 23.8 Å². The minimum Gasteiger partial charge on any atom is -0.369 e. The smallest absolute Gasteiger partial charge is 0.227 e. The molecule has 0 spiro atoms. The summed E-state index contributed by atoms with van der Waals surface area (Å²) in [4.78, 5) is 16.8. The van der Waals surface area contributed by atoms with E-state index in [1.165, 1.54) is 5.69 Å². The van der Waals surface area contributed by atoms with Crippen LogP contribution in [0.15, 0.2) is 18.2 Å². The largest absolute Gasteiger partial charge is 0.369 e. The summed E-state index contributed by atoms with van der Waals surface area (Å²) in [5, 5.41) is 3.07. The topological polar surface area (TPSA) is 35.6 Å². The van der Waals surface area contributed by atoms with Gasteiger partial charge >= 0.3 is 0 Å². The molecule has 21 heavy (non-hydrogen) atoms. The van der Waals surface area contributed by atoms with E-state index in [4.69, 9.17) is 0 Å². The van der Waals surface area contributed by atoms with E-state index in [1.807, 2.05) is 6.07 Å². The normalized spacial score (nSPS) is 25.8. The number of carbonyl (C=O) groups is 1. The van der Waals surface area contributed by atoms with Gasteiger partial charge in [0, 0.05) is 43.5 Å². The van der Waals surface area contributed by atoms with Gasteiger partial charge in [0.15, 0.2) is 0 Å². The molecule has 0 bridgehead atoms. The van der Waals surface area contributed by atoms with Crippen molar-refractivity contribution in [3.8, 4) is 0 Å². The number of rotatable bonds is 3. The molecule has 0 unspecified atom stereocenters. The van der Waals surface area contributed by atoms with Crippen LogP contribution in [0.2, 0.25) is 0 Å². The molecule has 1 aromatic rings. The van der Waals surface area contributed by atoms with Crippen molar-refractivity contribution in [3.63, 3.8) is 0 Å². The van der Waals surface area contributed by atoms with Crippen molar-refractivity contribution in [1.82, 2.24) is 4.90 Å². The van der Waals surface area contributed by atoms with Gasteiger partial charge in [-0.15, -0.1) is 0 Å². The van der Waals surface area contributed by atoms with Crippen LogP contribution in [0.1, 0.15) is 18.9 Å². The Hall–Kier alpha value is -1.55. The van der Waals surface area contributed by atoms with Gasteiger partial charge in [-0.3, -0.25) is 4.79 Å². The molecule has 1 N–H and O–H groups in total. The monoisotopic (exact) mass is 287 g/mol. The molecule has 0 radical (unpaired) electrons. The zero-order valence-electron chi connectivity index (χ0n) is 13.2. The number of piperazine rings is 1. The maximum atomic E-state index is 12.0. The SMILES string of the molecule is Cc1cc(N2CCN(C)CC2)ccc1NC(=O)[C@@H]1C[C@@H]1C. The maximum Gasteiger partial charge on any atom is 0.227 e. The van der Waals surface area contributed by atoms with Gasteiger partial charge in [-0.1, -0.05) is 6.92 Å². The number of benzene rings is 1. The van der Waals surface area contributed by atoms with Crippen molar-refractivity contribution >= 4 is 17.3 Å². The summed E-state index contributed by atoms with van der Waals surface area (Å²) in [7, 11) is 2.17. The van der Waals surface area contributed by atoms with E-state index in [0.29, 0.717) is 5.92 Å². The molecule has 1 saturated heterocycles. The average Bonchev–Trinajstić information content (AvgIpc) is 3.19. The number of hydrogen-bond acceptors (Lipinski definition) is 3. The Kier molecular flexibility index (Phi) is 3.89. The summed E-state index contributed by atoms with van der Waals surface area (Å²) in [5.74, 6) is 0.953. The van der Waals surface area contributed by atoms with Gasteiger partial charge in [0.05, 0.1) is 0 Å². The van der Waals surface area contributed by atoms with Crippen LogP contribution in [0, 0.1) is 18.8 Å². The number of likely N-dealkylation sites (N-methyl/N-ethyl adjacent to an activating group) is 1. The molecule has 3 rings (SSSR count). The first-order chi connectivity index (χ1) is 10.0.